The van der Waals surface area contributed by atoms with Gasteiger partial charge in [0.25, 0.3) is 0 Å². The van der Waals surface area contributed by atoms with Gasteiger partial charge in [0.15, 0.2) is 0 Å². The summed E-state index contributed by atoms with van der Waals surface area (Å²) in [7, 11) is 1.40. The Balaban J connectivity index is 2.30. The van der Waals surface area contributed by atoms with Crippen molar-refractivity contribution in [1.82, 2.24) is 4.98 Å². The van der Waals surface area contributed by atoms with Gasteiger partial charge in [-0.15, -0.1) is 11.3 Å². The van der Waals surface area contributed by atoms with Gasteiger partial charge in [-0.3, -0.25) is 4.79 Å². The molecular formula is C12H19NO2S. The van der Waals surface area contributed by atoms with Gasteiger partial charge in [-0.2, -0.15) is 0 Å². The highest BCUT2D eigenvalue weighted by Gasteiger charge is 2.07. The number of aromatic nitrogens is 1. The third-order valence-corrected chi connectivity index (χ3v) is 3.35. The molecule has 0 bridgehead atoms. The molecule has 0 fully saturated rings. The van der Waals surface area contributed by atoms with Gasteiger partial charge in [-0.1, -0.05) is 26.2 Å². The lowest BCUT2D eigenvalue weighted by atomic mass is 10.2. The fourth-order valence-corrected chi connectivity index (χ4v) is 2.31. The SMILES string of the molecule is CCCCCCc1nc(CC(=O)OC)cs1. The number of unbranched alkanes of at least 4 members (excludes halogenated alkanes) is 3. The Morgan fingerprint density at radius 3 is 2.94 bits per heavy atom. The van der Waals surface area contributed by atoms with Crippen LogP contribution in [0.4, 0.5) is 0 Å². The summed E-state index contributed by atoms with van der Waals surface area (Å²) >= 11 is 1.64. The van der Waals surface area contributed by atoms with E-state index in [4.69, 9.17) is 0 Å². The monoisotopic (exact) mass is 241 g/mol. The normalized spacial score (nSPS) is 10.4. The van der Waals surface area contributed by atoms with Gasteiger partial charge in [0.1, 0.15) is 0 Å². The van der Waals surface area contributed by atoms with Crippen molar-refractivity contribution in [1.29, 1.82) is 0 Å². The molecule has 1 rings (SSSR count). The maximum atomic E-state index is 11.0. The van der Waals surface area contributed by atoms with Crippen LogP contribution in [0.2, 0.25) is 0 Å². The predicted octanol–water partition coefficient (Wildman–Crippen LogP) is 2.98. The Labute approximate surface area is 101 Å². The Morgan fingerprint density at radius 2 is 2.25 bits per heavy atom. The maximum absolute atomic E-state index is 11.0. The second-order valence-electron chi connectivity index (χ2n) is 3.80. The number of thiazole rings is 1. The number of hydrogen-bond acceptors (Lipinski definition) is 4. The number of hydrogen-bond donors (Lipinski definition) is 0. The molecule has 0 radical (unpaired) electrons. The van der Waals surface area contributed by atoms with E-state index in [0.717, 1.165) is 17.1 Å². The number of methoxy groups -OCH3 is 1. The van der Waals surface area contributed by atoms with Gasteiger partial charge >= 0.3 is 5.97 Å². The molecule has 3 nitrogen and oxygen atoms in total. The van der Waals surface area contributed by atoms with E-state index in [2.05, 4.69) is 16.6 Å². The topological polar surface area (TPSA) is 39.2 Å². The van der Waals surface area contributed by atoms with Crippen molar-refractivity contribution in [3.05, 3.63) is 16.1 Å². The van der Waals surface area contributed by atoms with Gasteiger partial charge in [0.2, 0.25) is 0 Å². The number of carbonyl (C=O) groups excluding carboxylic acids is 1. The molecule has 1 aromatic heterocycles. The number of nitrogens with zero attached hydrogens (tertiary/aromatic N) is 1. The minimum Gasteiger partial charge on any atom is -0.469 e. The van der Waals surface area contributed by atoms with Gasteiger partial charge in [-0.05, 0) is 12.8 Å². The largest absolute Gasteiger partial charge is 0.469 e. The zero-order valence-electron chi connectivity index (χ0n) is 9.99. The molecule has 0 unspecified atom stereocenters. The van der Waals surface area contributed by atoms with E-state index in [1.807, 2.05) is 5.38 Å². The van der Waals surface area contributed by atoms with E-state index in [-0.39, 0.29) is 5.97 Å². The molecule has 4 heteroatoms. The molecule has 0 amide bonds. The lowest BCUT2D eigenvalue weighted by Crippen LogP contribution is -2.04. The van der Waals surface area contributed by atoms with Crippen molar-refractivity contribution in [2.24, 2.45) is 0 Å². The Morgan fingerprint density at radius 1 is 1.44 bits per heavy atom. The minimum absolute atomic E-state index is 0.220. The van der Waals surface area contributed by atoms with Crippen LogP contribution in [0.15, 0.2) is 5.38 Å². The summed E-state index contributed by atoms with van der Waals surface area (Å²) in [4.78, 5) is 15.4. The van der Waals surface area contributed by atoms with Crippen LogP contribution in [-0.2, 0) is 22.4 Å². The summed E-state index contributed by atoms with van der Waals surface area (Å²) in [5.41, 5.74) is 0.836. The summed E-state index contributed by atoms with van der Waals surface area (Å²) in [6.45, 7) is 2.21. The first kappa shape index (κ1) is 13.2. The summed E-state index contributed by atoms with van der Waals surface area (Å²) in [5, 5.41) is 3.08. The zero-order chi connectivity index (χ0) is 11.8. The van der Waals surface area contributed by atoms with Gasteiger partial charge in [-0.25, -0.2) is 4.98 Å². The molecule has 0 spiro atoms. The standard InChI is InChI=1S/C12H19NO2S/c1-3-4-5-6-7-11-13-10(9-16-11)8-12(14)15-2/h9H,3-8H2,1-2H3. The van der Waals surface area contributed by atoms with Crippen LogP contribution in [-0.4, -0.2) is 18.1 Å². The fourth-order valence-electron chi connectivity index (χ4n) is 1.47. The van der Waals surface area contributed by atoms with E-state index in [1.165, 1.54) is 32.8 Å². The molecule has 16 heavy (non-hydrogen) atoms. The lowest BCUT2D eigenvalue weighted by molar-refractivity contribution is -0.139. The molecule has 0 atom stereocenters. The van der Waals surface area contributed by atoms with Crippen LogP contribution in [0.5, 0.6) is 0 Å². The molecule has 1 aromatic rings. The van der Waals surface area contributed by atoms with Crippen molar-refractivity contribution in [2.45, 2.75) is 45.4 Å². The van der Waals surface area contributed by atoms with Crippen LogP contribution in [0.1, 0.15) is 43.3 Å². The van der Waals surface area contributed by atoms with E-state index >= 15 is 0 Å². The first-order valence-corrected chi connectivity index (χ1v) is 6.64. The highest BCUT2D eigenvalue weighted by atomic mass is 32.1. The van der Waals surface area contributed by atoms with Crippen molar-refractivity contribution in [3.63, 3.8) is 0 Å². The van der Waals surface area contributed by atoms with E-state index < -0.39 is 0 Å². The quantitative estimate of drug-likeness (QED) is 0.544. The van der Waals surface area contributed by atoms with Gasteiger partial charge in [0.05, 0.1) is 24.2 Å². The van der Waals surface area contributed by atoms with Crippen molar-refractivity contribution in [2.75, 3.05) is 7.11 Å². The summed E-state index contributed by atoms with van der Waals surface area (Å²) in [6.07, 6.45) is 6.33. The molecular weight excluding hydrogens is 222 g/mol. The number of carbonyl (C=O) groups is 1. The smallest absolute Gasteiger partial charge is 0.311 e. The van der Waals surface area contributed by atoms with Crippen LogP contribution >= 0.6 is 11.3 Å². The number of aryl methyl sites for hydroxylation is 1. The Kier molecular flexibility index (Phi) is 6.08. The summed E-state index contributed by atoms with van der Waals surface area (Å²) in [6, 6.07) is 0. The molecule has 90 valence electrons. The molecule has 1 heterocycles. The minimum atomic E-state index is -0.220. The third kappa shape index (κ3) is 4.75. The van der Waals surface area contributed by atoms with E-state index in [1.54, 1.807) is 11.3 Å². The number of esters is 1. The summed E-state index contributed by atoms with van der Waals surface area (Å²) in [5.74, 6) is -0.220. The van der Waals surface area contributed by atoms with Gasteiger partial charge < -0.3 is 4.74 Å². The van der Waals surface area contributed by atoms with Crippen LogP contribution in [0, 0.1) is 0 Å². The summed E-state index contributed by atoms with van der Waals surface area (Å²) < 4.78 is 4.60. The molecule has 0 N–H and O–H groups in total. The molecule has 0 aliphatic heterocycles. The van der Waals surface area contributed by atoms with Crippen LogP contribution in [0.3, 0.4) is 0 Å². The molecule has 0 saturated heterocycles. The maximum Gasteiger partial charge on any atom is 0.311 e. The van der Waals surface area contributed by atoms with E-state index in [0.29, 0.717) is 6.42 Å². The second-order valence-corrected chi connectivity index (χ2v) is 4.74. The van der Waals surface area contributed by atoms with E-state index in [9.17, 15) is 4.79 Å². The molecule has 0 aliphatic rings. The van der Waals surface area contributed by atoms with Gasteiger partial charge in [0, 0.05) is 5.38 Å². The van der Waals surface area contributed by atoms with Crippen molar-refractivity contribution in [3.8, 4) is 0 Å². The highest BCUT2D eigenvalue weighted by Crippen LogP contribution is 2.14. The molecule has 0 aromatic carbocycles. The third-order valence-electron chi connectivity index (χ3n) is 2.40. The van der Waals surface area contributed by atoms with Crippen molar-refractivity contribution < 1.29 is 9.53 Å². The van der Waals surface area contributed by atoms with Crippen molar-refractivity contribution >= 4 is 17.3 Å². The first-order chi connectivity index (χ1) is 7.76. The number of ether oxygens (including phenoxy) is 1. The lowest BCUT2D eigenvalue weighted by Gasteiger charge is -1.96. The average molecular weight is 241 g/mol. The average Bonchev–Trinajstić information content (AvgIpc) is 2.72. The first-order valence-electron chi connectivity index (χ1n) is 5.76. The predicted molar refractivity (Wildman–Crippen MR) is 65.7 cm³/mol. The Bertz CT molecular complexity index is 323. The fraction of sp³-hybridized carbons (Fsp3) is 0.667. The molecule has 0 aliphatic carbocycles. The zero-order valence-corrected chi connectivity index (χ0v) is 10.8. The van der Waals surface area contributed by atoms with Crippen LogP contribution in [0.25, 0.3) is 0 Å². The second kappa shape index (κ2) is 7.39. The number of rotatable bonds is 7. The Hall–Kier alpha value is -0.900. The molecule has 0 saturated carbocycles. The van der Waals surface area contributed by atoms with Crippen LogP contribution < -0.4 is 0 Å². The highest BCUT2D eigenvalue weighted by molar-refractivity contribution is 7.09.